The molecule has 0 atom stereocenters. The van der Waals surface area contributed by atoms with Crippen molar-refractivity contribution in [2.75, 3.05) is 7.11 Å². The van der Waals surface area contributed by atoms with Crippen LogP contribution in [0.4, 0.5) is 0 Å². The van der Waals surface area contributed by atoms with Gasteiger partial charge in [-0.25, -0.2) is 4.79 Å². The van der Waals surface area contributed by atoms with Crippen molar-refractivity contribution in [3.63, 3.8) is 0 Å². The van der Waals surface area contributed by atoms with E-state index < -0.39 is 5.97 Å². The highest BCUT2D eigenvalue weighted by Crippen LogP contribution is 2.22. The fourth-order valence-corrected chi connectivity index (χ4v) is 2.60. The van der Waals surface area contributed by atoms with E-state index in [1.54, 1.807) is 86.0 Å². The molecular formula is C23H17ClO4. The molecule has 0 aliphatic carbocycles. The lowest BCUT2D eigenvalue weighted by Gasteiger charge is -2.07. The Morgan fingerprint density at radius 2 is 1.50 bits per heavy atom. The molecule has 5 heteroatoms. The Labute approximate surface area is 168 Å². The molecule has 140 valence electrons. The average Bonchev–Trinajstić information content (AvgIpc) is 2.73. The van der Waals surface area contributed by atoms with E-state index in [-0.39, 0.29) is 5.78 Å². The van der Waals surface area contributed by atoms with Crippen molar-refractivity contribution in [1.29, 1.82) is 0 Å². The Balaban J connectivity index is 1.75. The van der Waals surface area contributed by atoms with Crippen molar-refractivity contribution in [3.05, 3.63) is 101 Å². The maximum atomic E-state index is 12.4. The molecule has 0 aromatic heterocycles. The van der Waals surface area contributed by atoms with Gasteiger partial charge in [0.15, 0.2) is 5.78 Å². The first-order valence-corrected chi connectivity index (χ1v) is 8.88. The van der Waals surface area contributed by atoms with Crippen LogP contribution in [0, 0.1) is 0 Å². The van der Waals surface area contributed by atoms with Gasteiger partial charge < -0.3 is 9.47 Å². The topological polar surface area (TPSA) is 52.6 Å². The molecule has 0 saturated heterocycles. The molecule has 0 aliphatic heterocycles. The van der Waals surface area contributed by atoms with Gasteiger partial charge in [0, 0.05) is 16.1 Å². The summed E-state index contributed by atoms with van der Waals surface area (Å²) in [5, 5.41) is 0.539. The molecule has 3 rings (SSSR count). The normalized spacial score (nSPS) is 10.6. The predicted molar refractivity (Wildman–Crippen MR) is 109 cm³/mol. The zero-order chi connectivity index (χ0) is 19.9. The molecule has 0 aliphatic rings. The van der Waals surface area contributed by atoms with E-state index in [1.807, 2.05) is 0 Å². The van der Waals surface area contributed by atoms with Crippen LogP contribution in [-0.2, 0) is 0 Å². The highest BCUT2D eigenvalue weighted by atomic mass is 35.5. The summed E-state index contributed by atoms with van der Waals surface area (Å²) in [5.41, 5.74) is 1.54. The standard InChI is InChI=1S/C23H17ClO4/c1-27-20-13-8-16(9-14-20)21(25)15-10-17-4-2-3-5-22(17)28-23(26)18-6-11-19(24)12-7-18/h2-15H,1H3. The summed E-state index contributed by atoms with van der Waals surface area (Å²) >= 11 is 5.84. The molecule has 3 aromatic carbocycles. The predicted octanol–water partition coefficient (Wildman–Crippen LogP) is 5.46. The molecule has 0 saturated carbocycles. The number of carbonyl (C=O) groups excluding carboxylic acids is 2. The molecule has 0 spiro atoms. The van der Waals surface area contributed by atoms with E-state index in [4.69, 9.17) is 21.1 Å². The number of methoxy groups -OCH3 is 1. The van der Waals surface area contributed by atoms with Crippen LogP contribution in [0.5, 0.6) is 11.5 Å². The molecule has 0 radical (unpaired) electrons. The van der Waals surface area contributed by atoms with E-state index >= 15 is 0 Å². The number of benzene rings is 3. The molecule has 0 fully saturated rings. The Morgan fingerprint density at radius 3 is 2.18 bits per heavy atom. The third-order valence-corrected chi connectivity index (χ3v) is 4.24. The highest BCUT2D eigenvalue weighted by molar-refractivity contribution is 6.30. The summed E-state index contributed by atoms with van der Waals surface area (Å²) in [6.07, 6.45) is 3.06. The fourth-order valence-electron chi connectivity index (χ4n) is 2.47. The molecule has 0 amide bonds. The van der Waals surface area contributed by atoms with Gasteiger partial charge in [0.25, 0.3) is 0 Å². The van der Waals surface area contributed by atoms with Crippen LogP contribution in [0.1, 0.15) is 26.3 Å². The highest BCUT2D eigenvalue weighted by Gasteiger charge is 2.11. The average molecular weight is 393 g/mol. The van der Waals surface area contributed by atoms with Gasteiger partial charge in [0.2, 0.25) is 0 Å². The number of ether oxygens (including phenoxy) is 2. The van der Waals surface area contributed by atoms with Gasteiger partial charge in [-0.2, -0.15) is 0 Å². The molecular weight excluding hydrogens is 376 g/mol. The van der Waals surface area contributed by atoms with Crippen LogP contribution >= 0.6 is 11.6 Å². The summed E-state index contributed by atoms with van der Waals surface area (Å²) < 4.78 is 10.6. The number of esters is 1. The van der Waals surface area contributed by atoms with E-state index in [1.165, 1.54) is 6.08 Å². The summed E-state index contributed by atoms with van der Waals surface area (Å²) in [6, 6.07) is 20.3. The van der Waals surface area contributed by atoms with Crippen molar-refractivity contribution in [2.24, 2.45) is 0 Å². The molecule has 0 unspecified atom stereocenters. The monoisotopic (exact) mass is 392 g/mol. The van der Waals surface area contributed by atoms with Gasteiger partial charge in [0.1, 0.15) is 11.5 Å². The van der Waals surface area contributed by atoms with Gasteiger partial charge >= 0.3 is 5.97 Å². The van der Waals surface area contributed by atoms with Crippen molar-refractivity contribution in [1.82, 2.24) is 0 Å². The van der Waals surface area contributed by atoms with E-state index in [9.17, 15) is 9.59 Å². The Kier molecular flexibility index (Phi) is 6.25. The summed E-state index contributed by atoms with van der Waals surface area (Å²) in [7, 11) is 1.57. The number of rotatable bonds is 6. The third kappa shape index (κ3) is 4.87. The Bertz CT molecular complexity index is 1010. The van der Waals surface area contributed by atoms with Gasteiger partial charge in [-0.1, -0.05) is 29.8 Å². The quantitative estimate of drug-likeness (QED) is 0.242. The molecule has 0 bridgehead atoms. The van der Waals surface area contributed by atoms with Gasteiger partial charge in [-0.3, -0.25) is 4.79 Å². The largest absolute Gasteiger partial charge is 0.497 e. The smallest absolute Gasteiger partial charge is 0.343 e. The van der Waals surface area contributed by atoms with Gasteiger partial charge in [-0.15, -0.1) is 0 Å². The minimum Gasteiger partial charge on any atom is -0.497 e. The number of para-hydroxylation sites is 1. The molecule has 4 nitrogen and oxygen atoms in total. The third-order valence-electron chi connectivity index (χ3n) is 3.99. The Morgan fingerprint density at radius 1 is 0.857 bits per heavy atom. The summed E-state index contributed by atoms with van der Waals surface area (Å²) in [4.78, 5) is 24.7. The van der Waals surface area contributed by atoms with Crippen molar-refractivity contribution < 1.29 is 19.1 Å². The zero-order valence-corrected chi connectivity index (χ0v) is 15.8. The van der Waals surface area contributed by atoms with E-state index in [0.717, 1.165) is 0 Å². The van der Waals surface area contributed by atoms with E-state index in [2.05, 4.69) is 0 Å². The lowest BCUT2D eigenvalue weighted by atomic mass is 10.1. The second-order valence-electron chi connectivity index (χ2n) is 5.86. The summed E-state index contributed by atoms with van der Waals surface area (Å²) in [6.45, 7) is 0. The molecule has 0 heterocycles. The van der Waals surface area contributed by atoms with Crippen molar-refractivity contribution >= 4 is 29.4 Å². The molecule has 3 aromatic rings. The van der Waals surface area contributed by atoms with Crippen LogP contribution in [-0.4, -0.2) is 18.9 Å². The number of hydrogen-bond donors (Lipinski definition) is 0. The zero-order valence-electron chi connectivity index (χ0n) is 15.1. The molecule has 0 N–H and O–H groups in total. The summed E-state index contributed by atoms with van der Waals surface area (Å²) in [5.74, 6) is 0.377. The van der Waals surface area contributed by atoms with Crippen molar-refractivity contribution in [2.45, 2.75) is 0 Å². The van der Waals surface area contributed by atoms with Crippen LogP contribution < -0.4 is 9.47 Å². The minimum absolute atomic E-state index is 0.165. The SMILES string of the molecule is COc1ccc(C(=O)C=Cc2ccccc2OC(=O)c2ccc(Cl)cc2)cc1. The van der Waals surface area contributed by atoms with Crippen LogP contribution in [0.2, 0.25) is 5.02 Å². The van der Waals surface area contributed by atoms with Gasteiger partial charge in [-0.05, 0) is 66.7 Å². The number of carbonyl (C=O) groups is 2. The van der Waals surface area contributed by atoms with Gasteiger partial charge in [0.05, 0.1) is 12.7 Å². The lowest BCUT2D eigenvalue weighted by molar-refractivity contribution is 0.0734. The first-order chi connectivity index (χ1) is 13.6. The van der Waals surface area contributed by atoms with E-state index in [0.29, 0.717) is 33.2 Å². The first kappa shape index (κ1) is 19.4. The lowest BCUT2D eigenvalue weighted by Crippen LogP contribution is -2.09. The second-order valence-corrected chi connectivity index (χ2v) is 6.30. The van der Waals surface area contributed by atoms with Crippen LogP contribution in [0.25, 0.3) is 6.08 Å². The second kappa shape index (κ2) is 9.02. The number of ketones is 1. The number of hydrogen-bond acceptors (Lipinski definition) is 4. The fraction of sp³-hybridized carbons (Fsp3) is 0.0435. The molecule has 28 heavy (non-hydrogen) atoms. The minimum atomic E-state index is -0.501. The van der Waals surface area contributed by atoms with Crippen LogP contribution in [0.3, 0.4) is 0 Å². The van der Waals surface area contributed by atoms with Crippen LogP contribution in [0.15, 0.2) is 78.9 Å². The maximum Gasteiger partial charge on any atom is 0.343 e. The first-order valence-electron chi connectivity index (χ1n) is 8.50. The maximum absolute atomic E-state index is 12.4. The van der Waals surface area contributed by atoms with Crippen molar-refractivity contribution in [3.8, 4) is 11.5 Å². The number of allylic oxidation sites excluding steroid dienone is 1. The Hall–Kier alpha value is -3.37. The number of halogens is 1.